The summed E-state index contributed by atoms with van der Waals surface area (Å²) in [5.74, 6) is -0.0898. The van der Waals surface area contributed by atoms with Crippen LogP contribution in [0.5, 0.6) is 0 Å². The maximum Gasteiger partial charge on any atom is 0.251 e. The van der Waals surface area contributed by atoms with E-state index < -0.39 is 0 Å². The van der Waals surface area contributed by atoms with Gasteiger partial charge in [0.25, 0.3) is 5.91 Å². The van der Waals surface area contributed by atoms with Crippen molar-refractivity contribution in [2.45, 2.75) is 6.54 Å². The van der Waals surface area contributed by atoms with E-state index in [1.54, 1.807) is 17.5 Å². The third kappa shape index (κ3) is 2.94. The standard InChI is InChI=1S/C19H15N3OS/c23-19(15-4-3-14-5-6-21-17(14)9-15)22-11-13-8-16(12-20-10-13)18-2-1-7-24-18/h1-10,12,21H,11H2,(H,22,23). The van der Waals surface area contributed by atoms with Crippen LogP contribution in [-0.4, -0.2) is 15.9 Å². The molecule has 0 saturated heterocycles. The molecule has 0 unspecified atom stereocenters. The van der Waals surface area contributed by atoms with Gasteiger partial charge in [0.15, 0.2) is 0 Å². The molecule has 5 heteroatoms. The Morgan fingerprint density at radius 3 is 3.00 bits per heavy atom. The van der Waals surface area contributed by atoms with E-state index in [4.69, 9.17) is 0 Å². The van der Waals surface area contributed by atoms with Gasteiger partial charge in [0, 0.05) is 46.7 Å². The topological polar surface area (TPSA) is 57.8 Å². The molecule has 0 bridgehead atoms. The fourth-order valence-electron chi connectivity index (χ4n) is 2.64. The Labute approximate surface area is 143 Å². The Morgan fingerprint density at radius 1 is 1.17 bits per heavy atom. The van der Waals surface area contributed by atoms with Gasteiger partial charge in [0.2, 0.25) is 0 Å². The van der Waals surface area contributed by atoms with E-state index in [9.17, 15) is 4.79 Å². The number of carbonyl (C=O) groups is 1. The van der Waals surface area contributed by atoms with Gasteiger partial charge in [-0.2, -0.15) is 0 Å². The number of hydrogen-bond acceptors (Lipinski definition) is 3. The molecule has 4 aromatic rings. The number of aromatic nitrogens is 2. The van der Waals surface area contributed by atoms with Crippen molar-refractivity contribution in [1.29, 1.82) is 0 Å². The zero-order valence-electron chi connectivity index (χ0n) is 12.8. The highest BCUT2D eigenvalue weighted by Crippen LogP contribution is 2.24. The minimum absolute atomic E-state index is 0.0898. The number of rotatable bonds is 4. The minimum atomic E-state index is -0.0898. The first-order valence-electron chi connectivity index (χ1n) is 7.63. The van der Waals surface area contributed by atoms with Crippen LogP contribution in [0.2, 0.25) is 0 Å². The van der Waals surface area contributed by atoms with Gasteiger partial charge in [-0.15, -0.1) is 11.3 Å². The predicted molar refractivity (Wildman–Crippen MR) is 97.0 cm³/mol. The van der Waals surface area contributed by atoms with Crippen LogP contribution in [0.4, 0.5) is 0 Å². The van der Waals surface area contributed by atoms with E-state index in [1.165, 1.54) is 4.88 Å². The number of benzene rings is 1. The number of fused-ring (bicyclic) bond motifs is 1. The second kappa shape index (κ2) is 6.29. The highest BCUT2D eigenvalue weighted by atomic mass is 32.1. The van der Waals surface area contributed by atoms with Crippen molar-refractivity contribution in [3.8, 4) is 10.4 Å². The second-order valence-corrected chi connectivity index (χ2v) is 6.47. The third-order valence-electron chi connectivity index (χ3n) is 3.87. The minimum Gasteiger partial charge on any atom is -0.361 e. The van der Waals surface area contributed by atoms with Gasteiger partial charge in [-0.25, -0.2) is 0 Å². The molecule has 0 fully saturated rings. The highest BCUT2D eigenvalue weighted by Gasteiger charge is 2.07. The van der Waals surface area contributed by atoms with Crippen molar-refractivity contribution >= 4 is 28.1 Å². The van der Waals surface area contributed by atoms with Crippen molar-refractivity contribution in [3.05, 3.63) is 77.6 Å². The number of aromatic amines is 1. The number of thiophene rings is 1. The molecule has 3 heterocycles. The largest absolute Gasteiger partial charge is 0.361 e. The Morgan fingerprint density at radius 2 is 2.12 bits per heavy atom. The van der Waals surface area contributed by atoms with Crippen molar-refractivity contribution in [2.24, 2.45) is 0 Å². The molecule has 0 aliphatic heterocycles. The SMILES string of the molecule is O=C(NCc1cncc(-c2cccs2)c1)c1ccc2cc[nH]c2c1. The molecular weight excluding hydrogens is 318 g/mol. The monoisotopic (exact) mass is 333 g/mol. The van der Waals surface area contributed by atoms with Crippen LogP contribution in [0, 0.1) is 0 Å². The quantitative estimate of drug-likeness (QED) is 0.587. The molecule has 0 aliphatic rings. The van der Waals surface area contributed by atoms with Gasteiger partial charge in [0.05, 0.1) is 0 Å². The van der Waals surface area contributed by atoms with E-state index in [0.29, 0.717) is 12.1 Å². The first-order chi connectivity index (χ1) is 11.8. The molecule has 3 aromatic heterocycles. The van der Waals surface area contributed by atoms with Crippen molar-refractivity contribution in [1.82, 2.24) is 15.3 Å². The Balaban J connectivity index is 1.48. The predicted octanol–water partition coefficient (Wildman–Crippen LogP) is 4.22. The lowest BCUT2D eigenvalue weighted by molar-refractivity contribution is 0.0951. The van der Waals surface area contributed by atoms with E-state index in [0.717, 1.165) is 22.0 Å². The third-order valence-corrected chi connectivity index (χ3v) is 4.79. The van der Waals surface area contributed by atoms with Gasteiger partial charge >= 0.3 is 0 Å². The highest BCUT2D eigenvalue weighted by molar-refractivity contribution is 7.13. The zero-order valence-corrected chi connectivity index (χ0v) is 13.6. The molecule has 1 aromatic carbocycles. The van der Waals surface area contributed by atoms with Crippen molar-refractivity contribution < 1.29 is 4.79 Å². The summed E-state index contributed by atoms with van der Waals surface area (Å²) in [5.41, 5.74) is 3.66. The van der Waals surface area contributed by atoms with Gasteiger partial charge < -0.3 is 10.3 Å². The number of amides is 1. The number of nitrogens with one attached hydrogen (secondary N) is 2. The van der Waals surface area contributed by atoms with Crippen molar-refractivity contribution in [3.63, 3.8) is 0 Å². The summed E-state index contributed by atoms with van der Waals surface area (Å²) in [6, 6.07) is 13.8. The van der Waals surface area contributed by atoms with Gasteiger partial charge in [0.1, 0.15) is 0 Å². The molecule has 0 atom stereocenters. The van der Waals surface area contributed by atoms with Crippen LogP contribution < -0.4 is 5.32 Å². The summed E-state index contributed by atoms with van der Waals surface area (Å²) >= 11 is 1.68. The van der Waals surface area contributed by atoms with Gasteiger partial charge in [-0.3, -0.25) is 9.78 Å². The molecule has 118 valence electrons. The first kappa shape index (κ1) is 14.7. The molecule has 1 amide bonds. The molecule has 4 nitrogen and oxygen atoms in total. The van der Waals surface area contributed by atoms with Crippen molar-refractivity contribution in [2.75, 3.05) is 0 Å². The molecule has 24 heavy (non-hydrogen) atoms. The molecular formula is C19H15N3OS. The van der Waals surface area contributed by atoms with Crippen LogP contribution in [0.25, 0.3) is 21.3 Å². The fraction of sp³-hybridized carbons (Fsp3) is 0.0526. The average molecular weight is 333 g/mol. The number of nitrogens with zero attached hydrogens (tertiary/aromatic N) is 1. The molecule has 0 radical (unpaired) electrons. The van der Waals surface area contributed by atoms with Gasteiger partial charge in [-0.05, 0) is 46.7 Å². The lowest BCUT2D eigenvalue weighted by Crippen LogP contribution is -2.22. The summed E-state index contributed by atoms with van der Waals surface area (Å²) in [5, 5.41) is 6.09. The van der Waals surface area contributed by atoms with Crippen LogP contribution >= 0.6 is 11.3 Å². The number of hydrogen-bond donors (Lipinski definition) is 2. The smallest absolute Gasteiger partial charge is 0.251 e. The molecule has 4 rings (SSSR count). The fourth-order valence-corrected chi connectivity index (χ4v) is 3.34. The summed E-state index contributed by atoms with van der Waals surface area (Å²) in [4.78, 5) is 20.9. The number of pyridine rings is 1. The van der Waals surface area contributed by atoms with Crippen LogP contribution in [0.3, 0.4) is 0 Å². The first-order valence-corrected chi connectivity index (χ1v) is 8.51. The number of H-pyrrole nitrogens is 1. The van der Waals surface area contributed by atoms with Gasteiger partial charge in [-0.1, -0.05) is 12.1 Å². The van der Waals surface area contributed by atoms with E-state index >= 15 is 0 Å². The average Bonchev–Trinajstić information content (AvgIpc) is 3.30. The maximum atomic E-state index is 12.4. The molecule has 0 saturated carbocycles. The summed E-state index contributed by atoms with van der Waals surface area (Å²) in [7, 11) is 0. The summed E-state index contributed by atoms with van der Waals surface area (Å²) < 4.78 is 0. The maximum absolute atomic E-state index is 12.4. The van der Waals surface area contributed by atoms with E-state index in [-0.39, 0.29) is 5.91 Å². The van der Waals surface area contributed by atoms with Crippen LogP contribution in [0.1, 0.15) is 15.9 Å². The lowest BCUT2D eigenvalue weighted by atomic mass is 10.1. The molecule has 0 aliphatic carbocycles. The summed E-state index contributed by atoms with van der Waals surface area (Å²) in [6.07, 6.45) is 5.50. The lowest BCUT2D eigenvalue weighted by Gasteiger charge is -2.07. The zero-order chi connectivity index (χ0) is 16.4. The molecule has 2 N–H and O–H groups in total. The van der Waals surface area contributed by atoms with Crippen LogP contribution in [0.15, 0.2) is 66.4 Å². The Kier molecular flexibility index (Phi) is 3.84. The Bertz CT molecular complexity index is 989. The van der Waals surface area contributed by atoms with Crippen LogP contribution in [-0.2, 0) is 6.54 Å². The normalized spacial score (nSPS) is 10.8. The number of carbonyl (C=O) groups excluding carboxylic acids is 1. The summed E-state index contributed by atoms with van der Waals surface area (Å²) in [6.45, 7) is 0.452. The van der Waals surface area contributed by atoms with E-state index in [1.807, 2.05) is 48.1 Å². The Hall–Kier alpha value is -2.92. The second-order valence-electron chi connectivity index (χ2n) is 5.52. The van der Waals surface area contributed by atoms with E-state index in [2.05, 4.69) is 27.4 Å². The molecule has 0 spiro atoms.